The van der Waals surface area contributed by atoms with Gasteiger partial charge in [-0.15, -0.1) is 0 Å². The molecule has 0 bridgehead atoms. The monoisotopic (exact) mass is 339 g/mol. The molecular formula is C14H18BrN3O2. The SMILES string of the molecule is CCCc1nc(COc2ccc(Br)c(CNC)c2)no1. The number of ether oxygens (including phenoxy) is 1. The van der Waals surface area contributed by atoms with E-state index in [2.05, 4.69) is 38.3 Å². The highest BCUT2D eigenvalue weighted by molar-refractivity contribution is 9.10. The van der Waals surface area contributed by atoms with Crippen molar-refractivity contribution in [3.05, 3.63) is 40.0 Å². The highest BCUT2D eigenvalue weighted by Crippen LogP contribution is 2.23. The molecule has 1 aromatic heterocycles. The Labute approximate surface area is 126 Å². The van der Waals surface area contributed by atoms with Crippen molar-refractivity contribution in [2.24, 2.45) is 0 Å². The maximum atomic E-state index is 5.69. The van der Waals surface area contributed by atoms with E-state index < -0.39 is 0 Å². The Bertz CT molecular complexity index is 557. The highest BCUT2D eigenvalue weighted by Gasteiger charge is 2.07. The summed E-state index contributed by atoms with van der Waals surface area (Å²) in [5, 5.41) is 7.01. The molecule has 0 aliphatic carbocycles. The first kappa shape index (κ1) is 15.0. The molecule has 2 rings (SSSR count). The van der Waals surface area contributed by atoms with Crippen LogP contribution in [0, 0.1) is 0 Å². The van der Waals surface area contributed by atoms with Crippen LogP contribution in [0.4, 0.5) is 0 Å². The summed E-state index contributed by atoms with van der Waals surface area (Å²) in [5.41, 5.74) is 1.14. The maximum absolute atomic E-state index is 5.69. The predicted octanol–water partition coefficient (Wildman–Crippen LogP) is 3.08. The van der Waals surface area contributed by atoms with E-state index in [-0.39, 0.29) is 0 Å². The van der Waals surface area contributed by atoms with Crippen molar-refractivity contribution < 1.29 is 9.26 Å². The molecule has 5 nitrogen and oxygen atoms in total. The van der Waals surface area contributed by atoms with E-state index in [1.54, 1.807) is 0 Å². The zero-order valence-corrected chi connectivity index (χ0v) is 13.2. The summed E-state index contributed by atoms with van der Waals surface area (Å²) in [6, 6.07) is 5.88. The van der Waals surface area contributed by atoms with Gasteiger partial charge in [-0.3, -0.25) is 0 Å². The molecule has 0 saturated heterocycles. The van der Waals surface area contributed by atoms with Crippen LogP contribution in [0.15, 0.2) is 27.2 Å². The van der Waals surface area contributed by atoms with Crippen LogP contribution in [0.5, 0.6) is 5.75 Å². The average Bonchev–Trinajstić information content (AvgIpc) is 2.88. The van der Waals surface area contributed by atoms with Crippen molar-refractivity contribution in [3.8, 4) is 5.75 Å². The molecule has 6 heteroatoms. The Morgan fingerprint density at radius 1 is 1.40 bits per heavy atom. The van der Waals surface area contributed by atoms with Crippen molar-refractivity contribution >= 4 is 15.9 Å². The second-order valence-electron chi connectivity index (χ2n) is 4.43. The number of aryl methyl sites for hydroxylation is 1. The zero-order chi connectivity index (χ0) is 14.4. The third-order valence-corrected chi connectivity index (χ3v) is 3.50. The van der Waals surface area contributed by atoms with Gasteiger partial charge in [-0.05, 0) is 37.2 Å². The second-order valence-corrected chi connectivity index (χ2v) is 5.28. The largest absolute Gasteiger partial charge is 0.485 e. The van der Waals surface area contributed by atoms with Crippen molar-refractivity contribution in [1.82, 2.24) is 15.5 Å². The lowest BCUT2D eigenvalue weighted by molar-refractivity contribution is 0.284. The van der Waals surface area contributed by atoms with Crippen LogP contribution >= 0.6 is 15.9 Å². The van der Waals surface area contributed by atoms with Gasteiger partial charge in [0.1, 0.15) is 5.75 Å². The Kier molecular flexibility index (Phi) is 5.55. The summed E-state index contributed by atoms with van der Waals surface area (Å²) in [7, 11) is 1.91. The number of aromatic nitrogens is 2. The number of nitrogens with one attached hydrogen (secondary N) is 1. The van der Waals surface area contributed by atoms with E-state index >= 15 is 0 Å². The first-order chi connectivity index (χ1) is 9.72. The topological polar surface area (TPSA) is 60.2 Å². The Hall–Kier alpha value is -1.40. The van der Waals surface area contributed by atoms with Gasteiger partial charge in [0.2, 0.25) is 11.7 Å². The van der Waals surface area contributed by atoms with Crippen molar-refractivity contribution in [1.29, 1.82) is 0 Å². The average molecular weight is 340 g/mol. The standard InChI is InChI=1S/C14H18BrN3O2/c1-3-4-14-17-13(18-20-14)9-19-11-5-6-12(15)10(7-11)8-16-2/h5-7,16H,3-4,8-9H2,1-2H3. The van der Waals surface area contributed by atoms with Gasteiger partial charge in [0.05, 0.1) is 0 Å². The lowest BCUT2D eigenvalue weighted by Crippen LogP contribution is -2.06. The molecule has 0 unspecified atom stereocenters. The first-order valence-corrected chi connectivity index (χ1v) is 7.39. The number of hydrogen-bond acceptors (Lipinski definition) is 5. The molecule has 0 fully saturated rings. The van der Waals surface area contributed by atoms with Gasteiger partial charge in [-0.1, -0.05) is 28.0 Å². The molecule has 0 spiro atoms. The lowest BCUT2D eigenvalue weighted by Gasteiger charge is -2.08. The van der Waals surface area contributed by atoms with E-state index in [1.165, 1.54) is 0 Å². The van der Waals surface area contributed by atoms with E-state index in [0.29, 0.717) is 18.3 Å². The van der Waals surface area contributed by atoms with Crippen LogP contribution in [0.25, 0.3) is 0 Å². The fourth-order valence-corrected chi connectivity index (χ4v) is 2.17. The van der Waals surface area contributed by atoms with Gasteiger partial charge < -0.3 is 14.6 Å². The molecule has 0 saturated carbocycles. The van der Waals surface area contributed by atoms with Crippen molar-refractivity contribution in [2.75, 3.05) is 7.05 Å². The van der Waals surface area contributed by atoms with E-state index in [4.69, 9.17) is 9.26 Å². The molecule has 1 aromatic carbocycles. The molecule has 1 heterocycles. The van der Waals surface area contributed by atoms with Crippen molar-refractivity contribution in [2.45, 2.75) is 32.9 Å². The molecule has 0 atom stereocenters. The minimum atomic E-state index is 0.313. The third kappa shape index (κ3) is 4.05. The van der Waals surface area contributed by atoms with Gasteiger partial charge >= 0.3 is 0 Å². The number of nitrogens with zero attached hydrogens (tertiary/aromatic N) is 2. The fraction of sp³-hybridized carbons (Fsp3) is 0.429. The Balaban J connectivity index is 1.97. The molecule has 0 radical (unpaired) electrons. The fourth-order valence-electron chi connectivity index (χ4n) is 1.78. The summed E-state index contributed by atoms with van der Waals surface area (Å²) in [6.45, 7) is 3.17. The minimum absolute atomic E-state index is 0.313. The molecular weight excluding hydrogens is 322 g/mol. The smallest absolute Gasteiger partial charge is 0.226 e. The Morgan fingerprint density at radius 2 is 2.25 bits per heavy atom. The quantitative estimate of drug-likeness (QED) is 0.839. The molecule has 0 aliphatic rings. The Morgan fingerprint density at radius 3 is 3.00 bits per heavy atom. The lowest BCUT2D eigenvalue weighted by atomic mass is 10.2. The summed E-state index contributed by atoms with van der Waals surface area (Å²) >= 11 is 3.51. The van der Waals surface area contributed by atoms with Crippen LogP contribution in [-0.2, 0) is 19.6 Å². The number of rotatable bonds is 7. The summed E-state index contributed by atoms with van der Waals surface area (Å²) in [5.74, 6) is 2.03. The second kappa shape index (κ2) is 7.40. The molecule has 108 valence electrons. The van der Waals surface area contributed by atoms with Crippen LogP contribution in [0.3, 0.4) is 0 Å². The number of benzene rings is 1. The normalized spacial score (nSPS) is 10.8. The van der Waals surface area contributed by atoms with Crippen LogP contribution in [-0.4, -0.2) is 17.2 Å². The molecule has 20 heavy (non-hydrogen) atoms. The third-order valence-electron chi connectivity index (χ3n) is 2.73. The molecule has 1 N–H and O–H groups in total. The molecule has 0 amide bonds. The van der Waals surface area contributed by atoms with Gasteiger partial charge in [0.15, 0.2) is 6.61 Å². The van der Waals surface area contributed by atoms with Gasteiger partial charge in [-0.2, -0.15) is 4.98 Å². The van der Waals surface area contributed by atoms with E-state index in [0.717, 1.165) is 35.2 Å². The van der Waals surface area contributed by atoms with Crippen LogP contribution in [0.1, 0.15) is 30.6 Å². The maximum Gasteiger partial charge on any atom is 0.226 e. The first-order valence-electron chi connectivity index (χ1n) is 6.60. The summed E-state index contributed by atoms with van der Waals surface area (Å²) < 4.78 is 11.9. The van der Waals surface area contributed by atoms with E-state index in [1.807, 2.05) is 25.2 Å². The van der Waals surface area contributed by atoms with Crippen LogP contribution in [0.2, 0.25) is 0 Å². The van der Waals surface area contributed by atoms with Gasteiger partial charge in [0, 0.05) is 17.4 Å². The molecule has 0 aliphatic heterocycles. The molecule has 2 aromatic rings. The van der Waals surface area contributed by atoms with Crippen LogP contribution < -0.4 is 10.1 Å². The summed E-state index contributed by atoms with van der Waals surface area (Å²) in [6.07, 6.45) is 1.79. The van der Waals surface area contributed by atoms with Crippen molar-refractivity contribution in [3.63, 3.8) is 0 Å². The number of halogens is 1. The van der Waals surface area contributed by atoms with Gasteiger partial charge in [-0.25, -0.2) is 0 Å². The minimum Gasteiger partial charge on any atom is -0.485 e. The van der Waals surface area contributed by atoms with Gasteiger partial charge in [0.25, 0.3) is 0 Å². The predicted molar refractivity (Wildman–Crippen MR) is 79.5 cm³/mol. The zero-order valence-electron chi connectivity index (χ0n) is 11.6. The number of hydrogen-bond donors (Lipinski definition) is 1. The van der Waals surface area contributed by atoms with E-state index in [9.17, 15) is 0 Å². The highest BCUT2D eigenvalue weighted by atomic mass is 79.9. The summed E-state index contributed by atoms with van der Waals surface area (Å²) in [4.78, 5) is 4.27.